The van der Waals surface area contributed by atoms with Crippen LogP contribution in [0.15, 0.2) is 60.8 Å². The first kappa shape index (κ1) is 15.3. The summed E-state index contributed by atoms with van der Waals surface area (Å²) >= 11 is 0. The zero-order valence-electron chi connectivity index (χ0n) is 13.2. The van der Waals surface area contributed by atoms with Gasteiger partial charge in [-0.25, -0.2) is 0 Å². The van der Waals surface area contributed by atoms with Crippen LogP contribution in [0, 0.1) is 0 Å². The van der Waals surface area contributed by atoms with E-state index in [1.54, 1.807) is 0 Å². The first-order chi connectivity index (χ1) is 11.4. The Balaban J connectivity index is 1.47. The van der Waals surface area contributed by atoms with Crippen molar-refractivity contribution in [2.24, 2.45) is 0 Å². The molecule has 3 aromatic rings. The molecule has 2 aromatic carbocycles. The van der Waals surface area contributed by atoms with Crippen LogP contribution in [0.4, 0.5) is 0 Å². The third kappa shape index (κ3) is 3.81. The van der Waals surface area contributed by atoms with Crippen LogP contribution < -0.4 is 4.74 Å². The van der Waals surface area contributed by atoms with E-state index in [2.05, 4.69) is 10.6 Å². The van der Waals surface area contributed by atoms with Crippen LogP contribution in [0.5, 0.6) is 5.75 Å². The lowest BCUT2D eigenvalue weighted by Gasteiger charge is -2.07. The number of fused-ring (bicyclic) bond motifs is 1. The Bertz CT molecular complexity index is 762. The van der Waals surface area contributed by atoms with Crippen LogP contribution in [0.3, 0.4) is 0 Å². The monoisotopic (exact) mass is 307 g/mol. The minimum absolute atomic E-state index is 0.746. The largest absolute Gasteiger partial charge is 0.494 e. The SMILES string of the molecule is O=Cc1cn(CCCCCOc2ccccc2)c2ccccc12. The second kappa shape index (κ2) is 7.63. The normalized spacial score (nSPS) is 10.8. The number of carbonyl (C=O) groups is 1. The molecule has 1 heterocycles. The van der Waals surface area contributed by atoms with Crippen LogP contribution >= 0.6 is 0 Å². The third-order valence-corrected chi connectivity index (χ3v) is 4.00. The smallest absolute Gasteiger partial charge is 0.152 e. The zero-order chi connectivity index (χ0) is 15.9. The summed E-state index contributed by atoms with van der Waals surface area (Å²) in [6.45, 7) is 1.68. The zero-order valence-corrected chi connectivity index (χ0v) is 13.2. The molecule has 23 heavy (non-hydrogen) atoms. The molecule has 0 aliphatic rings. The second-order valence-corrected chi connectivity index (χ2v) is 5.64. The van der Waals surface area contributed by atoms with Gasteiger partial charge in [-0.2, -0.15) is 0 Å². The molecule has 0 aliphatic carbocycles. The van der Waals surface area contributed by atoms with Crippen molar-refractivity contribution in [1.29, 1.82) is 0 Å². The van der Waals surface area contributed by atoms with Crippen LogP contribution in [0.2, 0.25) is 0 Å². The van der Waals surface area contributed by atoms with Crippen molar-refractivity contribution < 1.29 is 9.53 Å². The molecule has 3 nitrogen and oxygen atoms in total. The Morgan fingerprint density at radius 1 is 0.913 bits per heavy atom. The van der Waals surface area contributed by atoms with Crippen molar-refractivity contribution in [3.63, 3.8) is 0 Å². The molecular formula is C20H21NO2. The van der Waals surface area contributed by atoms with Gasteiger partial charge in [-0.1, -0.05) is 36.4 Å². The van der Waals surface area contributed by atoms with Gasteiger partial charge in [0.1, 0.15) is 5.75 Å². The molecule has 0 N–H and O–H groups in total. The van der Waals surface area contributed by atoms with E-state index in [1.165, 1.54) is 0 Å². The van der Waals surface area contributed by atoms with E-state index in [1.807, 2.05) is 54.7 Å². The summed E-state index contributed by atoms with van der Waals surface area (Å²) in [5.74, 6) is 0.930. The van der Waals surface area contributed by atoms with Gasteiger partial charge in [0, 0.05) is 29.2 Å². The highest BCUT2D eigenvalue weighted by atomic mass is 16.5. The predicted octanol–water partition coefficient (Wildman–Crippen LogP) is 4.70. The maximum atomic E-state index is 11.2. The van der Waals surface area contributed by atoms with Crippen LogP contribution in [-0.2, 0) is 6.54 Å². The number of nitrogens with zero attached hydrogens (tertiary/aromatic N) is 1. The molecule has 0 aliphatic heterocycles. The lowest BCUT2D eigenvalue weighted by molar-refractivity contribution is 0.112. The highest BCUT2D eigenvalue weighted by Gasteiger charge is 2.06. The quantitative estimate of drug-likeness (QED) is 0.446. The van der Waals surface area contributed by atoms with Crippen molar-refractivity contribution in [2.75, 3.05) is 6.61 Å². The number of hydrogen-bond acceptors (Lipinski definition) is 2. The molecule has 118 valence electrons. The van der Waals surface area contributed by atoms with Crippen molar-refractivity contribution >= 4 is 17.2 Å². The molecule has 0 bridgehead atoms. The average molecular weight is 307 g/mol. The number of hydrogen-bond donors (Lipinski definition) is 0. The maximum absolute atomic E-state index is 11.2. The summed E-state index contributed by atoms with van der Waals surface area (Å²) in [6, 6.07) is 18.0. The fraction of sp³-hybridized carbons (Fsp3) is 0.250. The van der Waals surface area contributed by atoms with Gasteiger partial charge in [0.2, 0.25) is 0 Å². The van der Waals surface area contributed by atoms with Gasteiger partial charge < -0.3 is 9.30 Å². The fourth-order valence-electron chi connectivity index (χ4n) is 2.82. The van der Waals surface area contributed by atoms with Crippen molar-refractivity contribution in [3.8, 4) is 5.75 Å². The molecule has 0 saturated heterocycles. The van der Waals surface area contributed by atoms with E-state index >= 15 is 0 Å². The van der Waals surface area contributed by atoms with E-state index in [0.29, 0.717) is 0 Å². The second-order valence-electron chi connectivity index (χ2n) is 5.64. The summed E-state index contributed by atoms with van der Waals surface area (Å²) < 4.78 is 7.87. The van der Waals surface area contributed by atoms with E-state index in [4.69, 9.17) is 4.74 Å². The van der Waals surface area contributed by atoms with E-state index in [-0.39, 0.29) is 0 Å². The molecule has 0 atom stereocenters. The molecule has 0 spiro atoms. The number of aryl methyl sites for hydroxylation is 1. The van der Waals surface area contributed by atoms with Crippen molar-refractivity contribution in [1.82, 2.24) is 4.57 Å². The maximum Gasteiger partial charge on any atom is 0.152 e. The van der Waals surface area contributed by atoms with Crippen LogP contribution in [0.25, 0.3) is 10.9 Å². The number of carbonyl (C=O) groups excluding carboxylic acids is 1. The number of ether oxygens (including phenoxy) is 1. The average Bonchev–Trinajstić information content (AvgIpc) is 2.97. The molecule has 0 unspecified atom stereocenters. The van der Waals surface area contributed by atoms with E-state index in [0.717, 1.165) is 60.9 Å². The highest BCUT2D eigenvalue weighted by molar-refractivity contribution is 5.97. The van der Waals surface area contributed by atoms with Crippen molar-refractivity contribution in [2.45, 2.75) is 25.8 Å². The number of para-hydroxylation sites is 2. The Hall–Kier alpha value is -2.55. The van der Waals surface area contributed by atoms with Gasteiger partial charge >= 0.3 is 0 Å². The molecular weight excluding hydrogens is 286 g/mol. The molecule has 3 heteroatoms. The molecule has 3 rings (SSSR count). The lowest BCUT2D eigenvalue weighted by atomic mass is 10.2. The van der Waals surface area contributed by atoms with Crippen LogP contribution in [0.1, 0.15) is 29.6 Å². The summed E-state index contributed by atoms with van der Waals surface area (Å²) in [5, 5.41) is 1.04. The van der Waals surface area contributed by atoms with Gasteiger partial charge in [-0.15, -0.1) is 0 Å². The van der Waals surface area contributed by atoms with Gasteiger partial charge in [-0.05, 0) is 37.5 Å². The Morgan fingerprint density at radius 2 is 1.70 bits per heavy atom. The van der Waals surface area contributed by atoms with Gasteiger partial charge in [0.15, 0.2) is 6.29 Å². The topological polar surface area (TPSA) is 31.2 Å². The first-order valence-electron chi connectivity index (χ1n) is 8.09. The highest BCUT2D eigenvalue weighted by Crippen LogP contribution is 2.20. The number of unbranched alkanes of at least 4 members (excludes halogenated alkanes) is 2. The number of benzene rings is 2. The summed E-state index contributed by atoms with van der Waals surface area (Å²) in [6.07, 6.45) is 6.12. The minimum Gasteiger partial charge on any atom is -0.494 e. The number of rotatable bonds is 8. The minimum atomic E-state index is 0.746. The third-order valence-electron chi connectivity index (χ3n) is 4.00. The summed E-state index contributed by atoms with van der Waals surface area (Å²) in [4.78, 5) is 11.2. The van der Waals surface area contributed by atoms with Gasteiger partial charge in [-0.3, -0.25) is 4.79 Å². The first-order valence-corrected chi connectivity index (χ1v) is 8.09. The fourth-order valence-corrected chi connectivity index (χ4v) is 2.82. The van der Waals surface area contributed by atoms with Gasteiger partial charge in [0.05, 0.1) is 6.61 Å². The van der Waals surface area contributed by atoms with Crippen molar-refractivity contribution in [3.05, 3.63) is 66.4 Å². The predicted molar refractivity (Wildman–Crippen MR) is 93.1 cm³/mol. The van der Waals surface area contributed by atoms with Gasteiger partial charge in [0.25, 0.3) is 0 Å². The number of aldehydes is 1. The Kier molecular flexibility index (Phi) is 5.09. The summed E-state index contributed by atoms with van der Waals surface area (Å²) in [7, 11) is 0. The molecule has 0 fully saturated rings. The number of aromatic nitrogens is 1. The molecule has 0 saturated carbocycles. The molecule has 1 aromatic heterocycles. The van der Waals surface area contributed by atoms with E-state index < -0.39 is 0 Å². The molecule has 0 radical (unpaired) electrons. The van der Waals surface area contributed by atoms with Crippen LogP contribution in [-0.4, -0.2) is 17.5 Å². The molecule has 0 amide bonds. The summed E-state index contributed by atoms with van der Waals surface area (Å²) in [5.41, 5.74) is 1.91. The Labute approximate surface area is 136 Å². The Morgan fingerprint density at radius 3 is 2.52 bits per heavy atom. The standard InChI is InChI=1S/C20H21NO2/c22-16-17-15-21(20-12-6-5-11-19(17)20)13-7-2-8-14-23-18-9-3-1-4-10-18/h1,3-6,9-12,15-16H,2,7-8,13-14H2. The lowest BCUT2D eigenvalue weighted by Crippen LogP contribution is -2.00. The van der Waals surface area contributed by atoms with E-state index in [9.17, 15) is 4.79 Å².